The summed E-state index contributed by atoms with van der Waals surface area (Å²) in [5.74, 6) is -1.06. The molecule has 1 aromatic heterocycles. The molecule has 6 nitrogen and oxygen atoms in total. The van der Waals surface area contributed by atoms with Gasteiger partial charge in [-0.25, -0.2) is 14.2 Å². The van der Waals surface area contributed by atoms with Crippen LogP contribution in [-0.4, -0.2) is 51.7 Å². The van der Waals surface area contributed by atoms with Crippen molar-refractivity contribution in [1.82, 2.24) is 14.9 Å². The fraction of sp³-hybridized carbons (Fsp3) is 0.526. The van der Waals surface area contributed by atoms with Crippen molar-refractivity contribution in [3.05, 3.63) is 27.2 Å². The summed E-state index contributed by atoms with van der Waals surface area (Å²) in [7, 11) is 0. The third-order valence-electron chi connectivity index (χ3n) is 5.23. The maximum atomic E-state index is 14.7. The Labute approximate surface area is 188 Å². The number of hydrogen-bond donors (Lipinski definition) is 0. The van der Waals surface area contributed by atoms with Gasteiger partial charge in [0.05, 0.1) is 22.1 Å². The maximum absolute atomic E-state index is 14.7. The minimum absolute atomic E-state index is 0.0949. The van der Waals surface area contributed by atoms with Crippen LogP contribution in [0, 0.1) is 5.82 Å². The molecule has 0 aliphatic carbocycles. The first-order chi connectivity index (χ1) is 14.3. The van der Waals surface area contributed by atoms with Crippen molar-refractivity contribution < 1.29 is 27.1 Å². The van der Waals surface area contributed by atoms with Crippen molar-refractivity contribution in [3.63, 3.8) is 0 Å². The number of anilines is 1. The lowest BCUT2D eigenvalue weighted by atomic mass is 9.88. The minimum Gasteiger partial charge on any atom is -0.444 e. The van der Waals surface area contributed by atoms with E-state index in [-0.39, 0.29) is 34.1 Å². The van der Waals surface area contributed by atoms with E-state index in [9.17, 15) is 22.4 Å². The summed E-state index contributed by atoms with van der Waals surface area (Å²) in [5.41, 5.74) is -2.11. The van der Waals surface area contributed by atoms with Crippen molar-refractivity contribution in [1.29, 1.82) is 0 Å². The van der Waals surface area contributed by atoms with E-state index in [0.29, 0.717) is 13.1 Å². The molecule has 12 heteroatoms. The van der Waals surface area contributed by atoms with Crippen LogP contribution in [0.15, 0.2) is 10.5 Å². The van der Waals surface area contributed by atoms with Gasteiger partial charge in [-0.1, -0.05) is 0 Å². The fourth-order valence-corrected chi connectivity index (χ4v) is 4.70. The van der Waals surface area contributed by atoms with Gasteiger partial charge in [-0.05, 0) is 60.8 Å². The highest BCUT2D eigenvalue weighted by molar-refractivity contribution is 9.10. The van der Waals surface area contributed by atoms with Crippen molar-refractivity contribution >= 4 is 50.3 Å². The molecular formula is C19H18BrClF4N4O2. The zero-order valence-electron chi connectivity index (χ0n) is 16.7. The van der Waals surface area contributed by atoms with Crippen LogP contribution in [-0.2, 0) is 10.9 Å². The number of amides is 1. The number of piperazine rings is 1. The third-order valence-corrected chi connectivity index (χ3v) is 6.17. The smallest absolute Gasteiger partial charge is 0.417 e. The molecule has 2 bridgehead atoms. The summed E-state index contributed by atoms with van der Waals surface area (Å²) >= 11 is 8.64. The Morgan fingerprint density at radius 3 is 2.39 bits per heavy atom. The molecule has 2 atom stereocenters. The number of alkyl halides is 3. The molecule has 4 heterocycles. The molecular weight excluding hydrogens is 508 g/mol. The summed E-state index contributed by atoms with van der Waals surface area (Å²) in [4.78, 5) is 23.7. The number of rotatable bonds is 1. The van der Waals surface area contributed by atoms with Crippen LogP contribution < -0.4 is 4.90 Å². The molecule has 3 saturated heterocycles. The number of halogens is 6. The molecule has 2 aromatic rings. The molecule has 168 valence electrons. The summed E-state index contributed by atoms with van der Waals surface area (Å²) < 4.78 is 59.7. The lowest BCUT2D eigenvalue weighted by Gasteiger charge is -2.56. The zero-order valence-corrected chi connectivity index (χ0v) is 19.1. The van der Waals surface area contributed by atoms with Crippen LogP contribution in [0.1, 0.15) is 32.8 Å². The van der Waals surface area contributed by atoms with E-state index < -0.39 is 33.7 Å². The highest BCUT2D eigenvalue weighted by Gasteiger charge is 2.49. The van der Waals surface area contributed by atoms with Gasteiger partial charge in [-0.3, -0.25) is 4.90 Å². The number of hydrogen-bond acceptors (Lipinski definition) is 5. The summed E-state index contributed by atoms with van der Waals surface area (Å²) in [6, 6.07) is 0.430. The van der Waals surface area contributed by atoms with Gasteiger partial charge in [0.1, 0.15) is 16.9 Å². The molecule has 0 N–H and O–H groups in total. The van der Waals surface area contributed by atoms with Crippen LogP contribution >= 0.6 is 27.5 Å². The van der Waals surface area contributed by atoms with Gasteiger partial charge in [0.25, 0.3) is 0 Å². The Bertz CT molecular complexity index is 1060. The number of carbonyl (C=O) groups excluding carboxylic acids is 1. The normalized spacial score (nSPS) is 21.3. The van der Waals surface area contributed by atoms with Crippen molar-refractivity contribution in [3.8, 4) is 0 Å². The second kappa shape index (κ2) is 7.33. The van der Waals surface area contributed by atoms with Crippen LogP contribution in [0.3, 0.4) is 0 Å². The molecule has 5 rings (SSSR count). The van der Waals surface area contributed by atoms with Crippen molar-refractivity contribution in [2.24, 2.45) is 0 Å². The van der Waals surface area contributed by atoms with E-state index in [2.05, 4.69) is 25.9 Å². The molecule has 3 aliphatic rings. The Morgan fingerprint density at radius 1 is 1.23 bits per heavy atom. The van der Waals surface area contributed by atoms with E-state index >= 15 is 0 Å². The van der Waals surface area contributed by atoms with E-state index in [1.54, 1.807) is 30.6 Å². The molecule has 0 saturated carbocycles. The lowest BCUT2D eigenvalue weighted by molar-refractivity contribution is -0.138. The molecule has 1 aromatic carbocycles. The molecule has 31 heavy (non-hydrogen) atoms. The second-order valence-electron chi connectivity index (χ2n) is 8.60. The number of aromatic nitrogens is 2. The topological polar surface area (TPSA) is 58.6 Å². The highest BCUT2D eigenvalue weighted by Crippen LogP contribution is 2.42. The van der Waals surface area contributed by atoms with E-state index in [1.807, 2.05) is 0 Å². The maximum Gasteiger partial charge on any atom is 0.417 e. The average molecular weight is 526 g/mol. The largest absolute Gasteiger partial charge is 0.444 e. The number of ether oxygens (including phenoxy) is 1. The van der Waals surface area contributed by atoms with Gasteiger partial charge < -0.3 is 9.64 Å². The van der Waals surface area contributed by atoms with Crippen LogP contribution in [0.25, 0.3) is 10.9 Å². The van der Waals surface area contributed by atoms with E-state index in [4.69, 9.17) is 16.3 Å². The Morgan fingerprint density at radius 2 is 1.84 bits per heavy atom. The Hall–Kier alpha value is -1.88. The molecule has 3 aliphatic heterocycles. The van der Waals surface area contributed by atoms with E-state index in [1.165, 1.54) is 0 Å². The van der Waals surface area contributed by atoms with Crippen LogP contribution in [0.4, 0.5) is 28.2 Å². The fourth-order valence-electron chi connectivity index (χ4n) is 4.00. The van der Waals surface area contributed by atoms with Gasteiger partial charge in [0, 0.05) is 18.5 Å². The average Bonchev–Trinajstić information content (AvgIpc) is 2.61. The van der Waals surface area contributed by atoms with Crippen molar-refractivity contribution in [2.75, 3.05) is 18.0 Å². The molecule has 0 spiro atoms. The van der Waals surface area contributed by atoms with E-state index in [0.717, 1.165) is 12.5 Å². The number of benzene rings is 1. The third kappa shape index (κ3) is 4.02. The summed E-state index contributed by atoms with van der Waals surface area (Å²) in [6.07, 6.45) is -4.48. The monoisotopic (exact) mass is 524 g/mol. The zero-order chi connectivity index (χ0) is 22.9. The summed E-state index contributed by atoms with van der Waals surface area (Å²) in [6.45, 7) is 5.92. The standard InChI is InChI=1S/C19H18BrClF4N4O2/c1-18(2,3)31-17(30)29-8-4-9(29)7-28(6-8)15-10-5-11(19(23,24)25)12(20)13(22)14(10)26-16(21)27-15/h5,8-9H,4,6-7H2,1-3H3. The van der Waals surface area contributed by atoms with Gasteiger partial charge in [0.2, 0.25) is 5.28 Å². The Kier molecular flexibility index (Phi) is 5.28. The molecule has 0 radical (unpaired) electrons. The first-order valence-electron chi connectivity index (χ1n) is 9.45. The lowest BCUT2D eigenvalue weighted by Crippen LogP contribution is -2.70. The minimum atomic E-state index is -4.78. The van der Waals surface area contributed by atoms with Gasteiger partial charge in [-0.15, -0.1) is 0 Å². The Balaban J connectivity index is 1.70. The van der Waals surface area contributed by atoms with Gasteiger partial charge >= 0.3 is 12.3 Å². The predicted molar refractivity (Wildman–Crippen MR) is 110 cm³/mol. The quantitative estimate of drug-likeness (QED) is 0.369. The molecule has 2 unspecified atom stereocenters. The predicted octanol–water partition coefficient (Wildman–Crippen LogP) is 5.40. The van der Waals surface area contributed by atoms with Gasteiger partial charge in [0.15, 0.2) is 5.82 Å². The first-order valence-corrected chi connectivity index (χ1v) is 10.6. The molecule has 1 amide bonds. The highest BCUT2D eigenvalue weighted by atomic mass is 79.9. The number of carbonyl (C=O) groups is 1. The van der Waals surface area contributed by atoms with Crippen LogP contribution in [0.2, 0.25) is 5.28 Å². The number of fused-ring (bicyclic) bond motifs is 3. The number of piperidine rings is 1. The van der Waals surface area contributed by atoms with Gasteiger partial charge in [-0.2, -0.15) is 18.2 Å². The van der Waals surface area contributed by atoms with Crippen LogP contribution in [0.5, 0.6) is 0 Å². The molecule has 3 fully saturated rings. The first kappa shape index (κ1) is 22.3. The SMILES string of the molecule is CC(C)(C)OC(=O)N1C2CC1CN(c1nc(Cl)nc3c(F)c(Br)c(C(F)(F)F)cc13)C2. The van der Waals surface area contributed by atoms with Crippen molar-refractivity contribution in [2.45, 2.75) is 51.1 Å². The second-order valence-corrected chi connectivity index (χ2v) is 9.73. The summed E-state index contributed by atoms with van der Waals surface area (Å²) in [5, 5.41) is -0.376. The number of nitrogens with zero attached hydrogens (tertiary/aromatic N) is 4.